The van der Waals surface area contributed by atoms with Gasteiger partial charge in [0.2, 0.25) is 5.91 Å². The van der Waals surface area contributed by atoms with E-state index >= 15 is 0 Å². The number of carbonyl (C=O) groups excluding carboxylic acids is 1. The van der Waals surface area contributed by atoms with Crippen LogP contribution >= 0.6 is 0 Å². The number of carbonyl (C=O) groups is 2. The van der Waals surface area contributed by atoms with Gasteiger partial charge in [-0.3, -0.25) is 4.79 Å². The zero-order valence-corrected chi connectivity index (χ0v) is 7.90. The third-order valence-electron chi connectivity index (χ3n) is 3.34. The Morgan fingerprint density at radius 1 is 1.57 bits per heavy atom. The molecule has 0 unspecified atom stereocenters. The molecular formula is C9H14N2O3. The van der Waals surface area contributed by atoms with E-state index < -0.39 is 17.6 Å². The first-order valence-corrected chi connectivity index (χ1v) is 4.88. The van der Waals surface area contributed by atoms with E-state index in [-0.39, 0.29) is 5.91 Å². The van der Waals surface area contributed by atoms with Gasteiger partial charge in [-0.2, -0.15) is 0 Å². The van der Waals surface area contributed by atoms with Gasteiger partial charge in [0.1, 0.15) is 5.54 Å². The summed E-state index contributed by atoms with van der Waals surface area (Å²) in [5.74, 6) is -1.08. The zero-order valence-electron chi connectivity index (χ0n) is 7.90. The topological polar surface area (TPSA) is 83.6 Å². The predicted molar refractivity (Wildman–Crippen MR) is 48.5 cm³/mol. The zero-order chi connectivity index (χ0) is 10.3. The molecule has 5 heteroatoms. The molecule has 2 rings (SSSR count). The summed E-state index contributed by atoms with van der Waals surface area (Å²) in [5, 5.41) is 9.17. The monoisotopic (exact) mass is 198 g/mol. The molecule has 5 nitrogen and oxygen atoms in total. The van der Waals surface area contributed by atoms with Crippen molar-refractivity contribution in [3.8, 4) is 0 Å². The van der Waals surface area contributed by atoms with Crippen LogP contribution in [0.5, 0.6) is 0 Å². The number of hydrogen-bond acceptors (Lipinski definition) is 3. The van der Waals surface area contributed by atoms with Crippen molar-refractivity contribution in [1.29, 1.82) is 0 Å². The molecule has 0 aromatic rings. The van der Waals surface area contributed by atoms with Crippen LogP contribution in [0, 0.1) is 0 Å². The summed E-state index contributed by atoms with van der Waals surface area (Å²) in [5.41, 5.74) is 4.67. The fraction of sp³-hybridized carbons (Fsp3) is 0.778. The van der Waals surface area contributed by atoms with E-state index in [0.717, 1.165) is 6.42 Å². The number of carboxylic acid groups (broad SMARTS) is 1. The molecule has 1 amide bonds. The third-order valence-corrected chi connectivity index (χ3v) is 3.34. The molecule has 2 saturated heterocycles. The van der Waals surface area contributed by atoms with Crippen LogP contribution in [-0.4, -0.2) is 40.0 Å². The number of carboxylic acids is 1. The second kappa shape index (κ2) is 2.95. The molecule has 0 spiro atoms. The Hall–Kier alpha value is -1.10. The molecule has 0 aromatic carbocycles. The SMILES string of the molecule is N[C@H]1CC[C@@]2(C(=O)O)CCCN2C1=O. The number of nitrogens with zero attached hydrogens (tertiary/aromatic N) is 1. The molecule has 0 aromatic heterocycles. The lowest BCUT2D eigenvalue weighted by Gasteiger charge is -2.40. The van der Waals surface area contributed by atoms with E-state index in [1.54, 1.807) is 0 Å². The van der Waals surface area contributed by atoms with Gasteiger partial charge in [-0.1, -0.05) is 0 Å². The summed E-state index contributed by atoms with van der Waals surface area (Å²) in [6.07, 6.45) is 2.32. The van der Waals surface area contributed by atoms with Crippen LogP contribution in [-0.2, 0) is 9.59 Å². The first-order chi connectivity index (χ1) is 6.58. The van der Waals surface area contributed by atoms with E-state index in [4.69, 9.17) is 10.8 Å². The molecule has 0 aliphatic carbocycles. The highest BCUT2D eigenvalue weighted by atomic mass is 16.4. The van der Waals surface area contributed by atoms with Crippen LogP contribution in [0.4, 0.5) is 0 Å². The molecule has 3 N–H and O–H groups in total. The van der Waals surface area contributed by atoms with Gasteiger partial charge in [-0.15, -0.1) is 0 Å². The average Bonchev–Trinajstić information content (AvgIpc) is 2.57. The van der Waals surface area contributed by atoms with Gasteiger partial charge in [-0.05, 0) is 25.7 Å². The third kappa shape index (κ3) is 1.05. The van der Waals surface area contributed by atoms with Crippen molar-refractivity contribution >= 4 is 11.9 Å². The molecule has 78 valence electrons. The minimum Gasteiger partial charge on any atom is -0.479 e. The molecule has 0 bridgehead atoms. The maximum atomic E-state index is 11.7. The Morgan fingerprint density at radius 3 is 2.93 bits per heavy atom. The lowest BCUT2D eigenvalue weighted by atomic mass is 9.84. The van der Waals surface area contributed by atoms with Crippen molar-refractivity contribution < 1.29 is 14.7 Å². The largest absolute Gasteiger partial charge is 0.479 e. The van der Waals surface area contributed by atoms with Gasteiger partial charge in [0.05, 0.1) is 6.04 Å². The summed E-state index contributed by atoms with van der Waals surface area (Å²) >= 11 is 0. The van der Waals surface area contributed by atoms with Crippen LogP contribution in [0.25, 0.3) is 0 Å². The molecule has 2 aliphatic rings. The average molecular weight is 198 g/mol. The Balaban J connectivity index is 2.33. The molecule has 2 fully saturated rings. The fourth-order valence-corrected chi connectivity index (χ4v) is 2.51. The lowest BCUT2D eigenvalue weighted by molar-refractivity contribution is -0.160. The van der Waals surface area contributed by atoms with E-state index in [1.165, 1.54) is 4.90 Å². The summed E-state index contributed by atoms with van der Waals surface area (Å²) in [4.78, 5) is 24.3. The number of amides is 1. The van der Waals surface area contributed by atoms with Crippen molar-refractivity contribution in [1.82, 2.24) is 4.90 Å². The minimum absolute atomic E-state index is 0.198. The van der Waals surface area contributed by atoms with Crippen molar-refractivity contribution in [3.05, 3.63) is 0 Å². The molecule has 0 saturated carbocycles. The second-order valence-electron chi connectivity index (χ2n) is 4.08. The highest BCUT2D eigenvalue weighted by Gasteiger charge is 2.53. The number of nitrogens with two attached hydrogens (primary N) is 1. The summed E-state index contributed by atoms with van der Waals surface area (Å²) in [6, 6.07) is -0.499. The van der Waals surface area contributed by atoms with Crippen LogP contribution in [0.2, 0.25) is 0 Å². The number of aliphatic carboxylic acids is 1. The molecule has 2 aliphatic heterocycles. The minimum atomic E-state index is -0.938. The van der Waals surface area contributed by atoms with Gasteiger partial charge in [0.25, 0.3) is 0 Å². The number of piperidine rings is 1. The summed E-state index contributed by atoms with van der Waals surface area (Å²) in [7, 11) is 0. The maximum absolute atomic E-state index is 11.7. The van der Waals surface area contributed by atoms with Crippen LogP contribution in [0.15, 0.2) is 0 Å². The van der Waals surface area contributed by atoms with Gasteiger partial charge in [0, 0.05) is 6.54 Å². The number of rotatable bonds is 1. The Kier molecular flexibility index (Phi) is 1.99. The predicted octanol–water partition coefficient (Wildman–Crippen LogP) is -0.447. The highest BCUT2D eigenvalue weighted by Crippen LogP contribution is 2.37. The first-order valence-electron chi connectivity index (χ1n) is 4.88. The molecule has 2 heterocycles. The molecular weight excluding hydrogens is 184 g/mol. The molecule has 0 radical (unpaired) electrons. The van der Waals surface area contributed by atoms with Gasteiger partial charge in [-0.25, -0.2) is 4.79 Å². The van der Waals surface area contributed by atoms with Crippen LogP contribution < -0.4 is 5.73 Å². The normalized spacial score (nSPS) is 37.1. The molecule has 14 heavy (non-hydrogen) atoms. The maximum Gasteiger partial charge on any atom is 0.329 e. The summed E-state index contributed by atoms with van der Waals surface area (Å²) < 4.78 is 0. The molecule has 2 atom stereocenters. The number of hydrogen-bond donors (Lipinski definition) is 2. The van der Waals surface area contributed by atoms with E-state index in [9.17, 15) is 9.59 Å². The quantitative estimate of drug-likeness (QED) is 0.598. The van der Waals surface area contributed by atoms with E-state index in [0.29, 0.717) is 25.8 Å². The van der Waals surface area contributed by atoms with E-state index in [2.05, 4.69) is 0 Å². The van der Waals surface area contributed by atoms with Gasteiger partial charge in [0.15, 0.2) is 0 Å². The summed E-state index contributed by atoms with van der Waals surface area (Å²) in [6.45, 7) is 0.541. The van der Waals surface area contributed by atoms with E-state index in [1.807, 2.05) is 0 Å². The smallest absolute Gasteiger partial charge is 0.329 e. The second-order valence-corrected chi connectivity index (χ2v) is 4.08. The van der Waals surface area contributed by atoms with Crippen molar-refractivity contribution in [2.75, 3.05) is 6.54 Å². The van der Waals surface area contributed by atoms with Crippen LogP contribution in [0.1, 0.15) is 25.7 Å². The van der Waals surface area contributed by atoms with Crippen molar-refractivity contribution in [2.45, 2.75) is 37.3 Å². The standard InChI is InChI=1S/C9H14N2O3/c10-6-2-4-9(8(13)14)3-1-5-11(9)7(6)12/h6H,1-5,10H2,(H,13,14)/t6-,9+/m0/s1. The lowest BCUT2D eigenvalue weighted by Crippen LogP contribution is -2.61. The first kappa shape index (κ1) is 9.45. The van der Waals surface area contributed by atoms with Gasteiger partial charge < -0.3 is 15.7 Å². The Labute approximate surface area is 81.9 Å². The van der Waals surface area contributed by atoms with Crippen molar-refractivity contribution in [3.63, 3.8) is 0 Å². The van der Waals surface area contributed by atoms with Crippen molar-refractivity contribution in [2.24, 2.45) is 5.73 Å². The van der Waals surface area contributed by atoms with Gasteiger partial charge >= 0.3 is 5.97 Å². The Morgan fingerprint density at radius 2 is 2.29 bits per heavy atom. The Bertz CT molecular complexity index is 292. The highest BCUT2D eigenvalue weighted by molar-refractivity contribution is 5.91. The fourth-order valence-electron chi connectivity index (χ4n) is 2.51. The van der Waals surface area contributed by atoms with Crippen LogP contribution in [0.3, 0.4) is 0 Å². The number of fused-ring (bicyclic) bond motifs is 1.